The second kappa shape index (κ2) is 4.27. The van der Waals surface area contributed by atoms with Crippen LogP contribution in [0.4, 0.5) is 0 Å². The third-order valence-electron chi connectivity index (χ3n) is 1.05. The summed E-state index contributed by atoms with van der Waals surface area (Å²) in [5.74, 6) is 0. The van der Waals surface area contributed by atoms with Crippen molar-refractivity contribution in [3.05, 3.63) is 0 Å². The van der Waals surface area contributed by atoms with Crippen molar-refractivity contribution >= 4 is 29.6 Å². The van der Waals surface area contributed by atoms with Crippen molar-refractivity contribution in [3.8, 4) is 0 Å². The Morgan fingerprint density at radius 2 is 1.62 bits per heavy atom. The molecule has 0 rings (SSSR count). The van der Waals surface area contributed by atoms with Crippen LogP contribution in [0.1, 0.15) is 13.8 Å². The number of hydrogen-bond acceptors (Lipinski definition) is 0. The maximum absolute atomic E-state index is 4.06. The largest absolute Gasteiger partial charge is 0.263 e. The maximum Gasteiger partial charge on any atom is 0.263 e. The van der Waals surface area contributed by atoms with Crippen LogP contribution in [0.3, 0.4) is 0 Å². The smallest absolute Gasteiger partial charge is 0.220 e. The zero-order valence-corrected chi connectivity index (χ0v) is 7.04. The van der Waals surface area contributed by atoms with Crippen LogP contribution in [0.5, 0.6) is 0 Å². The zero-order valence-electron chi connectivity index (χ0n) is 5.26. The topological polar surface area (TPSA) is 3.01 Å². The molecule has 0 spiro atoms. The summed E-state index contributed by atoms with van der Waals surface area (Å²) in [5.41, 5.74) is 0. The Hall–Kier alpha value is 0.370. The molecule has 0 aromatic carbocycles. The summed E-state index contributed by atoms with van der Waals surface area (Å²) in [6.07, 6.45) is 0. The quantitative estimate of drug-likeness (QED) is 0.252. The van der Waals surface area contributed by atoms with Gasteiger partial charge in [-0.15, -0.1) is 0 Å². The molecule has 0 atom stereocenters. The summed E-state index contributed by atoms with van der Waals surface area (Å²) in [5, 5.41) is 0. The fourth-order valence-corrected chi connectivity index (χ4v) is 1.07. The second-order valence-corrected chi connectivity index (χ2v) is 2.67. The van der Waals surface area contributed by atoms with Crippen LogP contribution in [0.25, 0.3) is 0 Å². The first-order valence-electron chi connectivity index (χ1n) is 2.72. The Morgan fingerprint density at radius 1 is 1.25 bits per heavy atom. The molecule has 48 valence electrons. The van der Waals surface area contributed by atoms with Crippen molar-refractivity contribution in [2.24, 2.45) is 0 Å². The first-order valence-corrected chi connectivity index (χ1v) is 3.61. The lowest BCUT2D eigenvalue weighted by atomic mass is 10.6. The van der Waals surface area contributed by atoms with Crippen LogP contribution in [0.15, 0.2) is 0 Å². The van der Waals surface area contributed by atoms with E-state index >= 15 is 0 Å². The van der Waals surface area contributed by atoms with E-state index in [4.69, 9.17) is 0 Å². The third kappa shape index (κ3) is 2.62. The highest BCUT2D eigenvalue weighted by Gasteiger charge is 1.98. The first-order chi connectivity index (χ1) is 3.72. The van der Waals surface area contributed by atoms with Crippen LogP contribution < -0.4 is 0 Å². The molecule has 0 aromatic rings. The van der Waals surface area contributed by atoms with E-state index < -0.39 is 0 Å². The molecule has 0 heterocycles. The number of thiol groups is 2. The van der Waals surface area contributed by atoms with E-state index in [1.807, 2.05) is 0 Å². The molecule has 0 aliphatic carbocycles. The average molecular weight is 150 g/mol. The molecule has 0 unspecified atom stereocenters. The van der Waals surface area contributed by atoms with Crippen LogP contribution >= 0.6 is 25.3 Å². The Morgan fingerprint density at radius 3 is 1.62 bits per heavy atom. The summed E-state index contributed by atoms with van der Waals surface area (Å²) in [4.78, 5) is 0. The molecular formula is C5H12NS2+. The van der Waals surface area contributed by atoms with E-state index in [1.54, 1.807) is 0 Å². The van der Waals surface area contributed by atoms with Crippen molar-refractivity contribution < 1.29 is 4.58 Å². The number of rotatable bonds is 2. The molecule has 8 heavy (non-hydrogen) atoms. The van der Waals surface area contributed by atoms with Gasteiger partial charge in [-0.2, -0.15) is 0 Å². The van der Waals surface area contributed by atoms with Crippen molar-refractivity contribution in [3.63, 3.8) is 0 Å². The molecule has 0 fully saturated rings. The molecule has 0 bridgehead atoms. The summed E-state index contributed by atoms with van der Waals surface area (Å²) >= 11 is 8.12. The third-order valence-corrected chi connectivity index (χ3v) is 1.61. The van der Waals surface area contributed by atoms with E-state index in [1.165, 1.54) is 0 Å². The first kappa shape index (κ1) is 8.37. The van der Waals surface area contributed by atoms with Gasteiger partial charge in [0.2, 0.25) is 0 Å². The summed E-state index contributed by atoms with van der Waals surface area (Å²) < 4.78 is 2.86. The van der Waals surface area contributed by atoms with Crippen molar-refractivity contribution in [2.45, 2.75) is 13.8 Å². The van der Waals surface area contributed by atoms with E-state index in [-0.39, 0.29) is 0 Å². The summed E-state index contributed by atoms with van der Waals surface area (Å²) in [6, 6.07) is 0. The minimum absolute atomic E-state index is 0.801. The van der Waals surface area contributed by atoms with Gasteiger partial charge in [-0.05, 0) is 13.8 Å². The molecular weight excluding hydrogens is 138 g/mol. The Balaban J connectivity index is 3.86. The molecule has 0 amide bonds. The van der Waals surface area contributed by atoms with Gasteiger partial charge in [0.15, 0.2) is 0 Å². The lowest BCUT2D eigenvalue weighted by Crippen LogP contribution is -2.13. The van der Waals surface area contributed by atoms with E-state index in [0.29, 0.717) is 0 Å². The van der Waals surface area contributed by atoms with Gasteiger partial charge in [0.05, 0.1) is 0 Å². The molecule has 0 aliphatic rings. The highest BCUT2D eigenvalue weighted by atomic mass is 32.2. The van der Waals surface area contributed by atoms with E-state index in [2.05, 4.69) is 43.7 Å². The molecule has 0 aliphatic heterocycles. The van der Waals surface area contributed by atoms with Gasteiger partial charge >= 0.3 is 0 Å². The highest BCUT2D eigenvalue weighted by Crippen LogP contribution is 1.89. The minimum atomic E-state index is 0.801. The van der Waals surface area contributed by atoms with Crippen LogP contribution in [0, 0.1) is 0 Å². The fraction of sp³-hybridized carbons (Fsp3) is 0.800. The zero-order chi connectivity index (χ0) is 6.57. The van der Waals surface area contributed by atoms with E-state index in [9.17, 15) is 0 Å². The van der Waals surface area contributed by atoms with Gasteiger partial charge in [-0.3, -0.25) is 0 Å². The van der Waals surface area contributed by atoms with Gasteiger partial charge in [0.25, 0.3) is 4.38 Å². The molecule has 0 radical (unpaired) electrons. The van der Waals surface area contributed by atoms with Gasteiger partial charge in [-0.1, -0.05) is 25.3 Å². The van der Waals surface area contributed by atoms with Crippen LogP contribution in [-0.4, -0.2) is 22.0 Å². The normalized spacial score (nSPS) is 9.00. The van der Waals surface area contributed by atoms with Gasteiger partial charge in [-0.25, -0.2) is 4.58 Å². The fourth-order valence-electron chi connectivity index (χ4n) is 0.506. The predicted octanol–water partition coefficient (Wildman–Crippen LogP) is 1.25. The van der Waals surface area contributed by atoms with Crippen molar-refractivity contribution in [1.82, 2.24) is 0 Å². The molecule has 3 heteroatoms. The SMILES string of the molecule is CC[N+](CC)=C(S)S. The molecule has 0 saturated carbocycles. The lowest BCUT2D eigenvalue weighted by Gasteiger charge is -1.94. The predicted molar refractivity (Wildman–Crippen MR) is 44.3 cm³/mol. The molecule has 1 nitrogen and oxygen atoms in total. The maximum atomic E-state index is 4.06. The van der Waals surface area contributed by atoms with Gasteiger partial charge < -0.3 is 0 Å². The lowest BCUT2D eigenvalue weighted by molar-refractivity contribution is -0.515. The summed E-state index contributed by atoms with van der Waals surface area (Å²) in [7, 11) is 0. The van der Waals surface area contributed by atoms with Crippen LogP contribution in [-0.2, 0) is 0 Å². The Labute approximate surface area is 61.6 Å². The monoisotopic (exact) mass is 150 g/mol. The Kier molecular flexibility index (Phi) is 4.47. The Bertz CT molecular complexity index is 88.6. The van der Waals surface area contributed by atoms with Gasteiger partial charge in [0, 0.05) is 0 Å². The molecule has 0 saturated heterocycles. The van der Waals surface area contributed by atoms with E-state index in [0.717, 1.165) is 17.5 Å². The van der Waals surface area contributed by atoms with Crippen molar-refractivity contribution in [2.75, 3.05) is 13.1 Å². The van der Waals surface area contributed by atoms with Crippen molar-refractivity contribution in [1.29, 1.82) is 0 Å². The highest BCUT2D eigenvalue weighted by molar-refractivity contribution is 8.23. The summed E-state index contributed by atoms with van der Waals surface area (Å²) in [6.45, 7) is 6.13. The average Bonchev–Trinajstić information content (AvgIpc) is 1.69. The molecule has 0 aromatic heterocycles. The molecule has 0 N–H and O–H groups in total. The van der Waals surface area contributed by atoms with Crippen LogP contribution in [0.2, 0.25) is 0 Å². The number of hydrogen-bond donors (Lipinski definition) is 2. The minimum Gasteiger partial charge on any atom is -0.220 e. The van der Waals surface area contributed by atoms with Gasteiger partial charge in [0.1, 0.15) is 13.1 Å². The number of nitrogens with zero attached hydrogens (tertiary/aromatic N) is 1. The standard InChI is InChI=1S/C5H11NS2/c1-3-6(4-2)5(7)8/h3-4H2,1-2H3,(H,7,8)/p+1. The second-order valence-electron chi connectivity index (χ2n) is 1.47.